The van der Waals surface area contributed by atoms with Crippen LogP contribution in [0.5, 0.6) is 0 Å². The van der Waals surface area contributed by atoms with Crippen LogP contribution in [0.2, 0.25) is 5.02 Å². The van der Waals surface area contributed by atoms with Crippen LogP contribution in [0, 0.1) is 11.3 Å². The number of hydrogen-bond acceptors (Lipinski definition) is 3. The quantitative estimate of drug-likeness (QED) is 0.689. The molecule has 94 valence electrons. The lowest BCUT2D eigenvalue weighted by Crippen LogP contribution is -2.12. The highest BCUT2D eigenvalue weighted by molar-refractivity contribution is 6.30. The molecule has 0 saturated carbocycles. The van der Waals surface area contributed by atoms with Crippen LogP contribution in [0.4, 0.5) is 0 Å². The molecule has 0 aliphatic rings. The molecule has 0 atom stereocenters. The molecule has 0 radical (unpaired) electrons. The summed E-state index contributed by atoms with van der Waals surface area (Å²) in [6.45, 7) is 0. The summed E-state index contributed by atoms with van der Waals surface area (Å²) < 4.78 is 5.51. The van der Waals surface area contributed by atoms with E-state index in [9.17, 15) is 4.79 Å². The van der Waals surface area contributed by atoms with Crippen LogP contribution in [-0.4, -0.2) is 5.91 Å². The second-order valence-electron chi connectivity index (χ2n) is 3.75. The standard InChI is InChI=1S/C14H9ClN2O2/c15-11-3-1-2-9(6-11)13-5-4-12(19-13)7-10(8-16)14(17)18/h1-7H,(H2,17,18). The van der Waals surface area contributed by atoms with Gasteiger partial charge in [-0.2, -0.15) is 5.26 Å². The molecule has 0 aliphatic heterocycles. The average Bonchev–Trinajstić information content (AvgIpc) is 2.84. The summed E-state index contributed by atoms with van der Waals surface area (Å²) in [4.78, 5) is 10.9. The van der Waals surface area contributed by atoms with Crippen LogP contribution in [0.3, 0.4) is 0 Å². The maximum Gasteiger partial charge on any atom is 0.259 e. The van der Waals surface area contributed by atoms with Crippen molar-refractivity contribution in [2.45, 2.75) is 0 Å². The van der Waals surface area contributed by atoms with Gasteiger partial charge in [0.1, 0.15) is 23.2 Å². The van der Waals surface area contributed by atoms with E-state index in [2.05, 4.69) is 0 Å². The van der Waals surface area contributed by atoms with Crippen molar-refractivity contribution in [1.29, 1.82) is 5.26 Å². The number of primary amides is 1. The van der Waals surface area contributed by atoms with Crippen LogP contribution in [0.15, 0.2) is 46.4 Å². The highest BCUT2D eigenvalue weighted by Crippen LogP contribution is 2.25. The third kappa shape index (κ3) is 3.03. The van der Waals surface area contributed by atoms with Gasteiger partial charge in [-0.15, -0.1) is 0 Å². The SMILES string of the molecule is N#CC(=Cc1ccc(-c2cccc(Cl)c2)o1)C(N)=O. The maximum atomic E-state index is 10.9. The predicted octanol–water partition coefficient (Wildman–Crippen LogP) is 2.99. The number of nitrogens with two attached hydrogens (primary N) is 1. The Labute approximate surface area is 114 Å². The van der Waals surface area contributed by atoms with Crippen molar-refractivity contribution in [2.75, 3.05) is 0 Å². The van der Waals surface area contributed by atoms with Gasteiger partial charge in [0.2, 0.25) is 0 Å². The first kappa shape index (κ1) is 12.9. The number of nitrogens with zero attached hydrogens (tertiary/aromatic N) is 1. The molecule has 1 aromatic heterocycles. The Kier molecular flexibility index (Phi) is 3.69. The Morgan fingerprint density at radius 1 is 1.37 bits per heavy atom. The van der Waals surface area contributed by atoms with E-state index >= 15 is 0 Å². The summed E-state index contributed by atoms with van der Waals surface area (Å²) in [5.74, 6) is 0.184. The van der Waals surface area contributed by atoms with E-state index in [0.29, 0.717) is 16.5 Å². The van der Waals surface area contributed by atoms with Crippen molar-refractivity contribution in [3.05, 3.63) is 52.8 Å². The van der Waals surface area contributed by atoms with Crippen molar-refractivity contribution in [2.24, 2.45) is 5.73 Å². The van der Waals surface area contributed by atoms with Gasteiger partial charge >= 0.3 is 0 Å². The molecule has 0 fully saturated rings. The Hall–Kier alpha value is -2.51. The summed E-state index contributed by atoms with van der Waals surface area (Å²) in [5, 5.41) is 9.34. The lowest BCUT2D eigenvalue weighted by atomic mass is 10.2. The average molecular weight is 273 g/mol. The van der Waals surface area contributed by atoms with Gasteiger partial charge in [0.25, 0.3) is 5.91 Å². The molecule has 2 aromatic rings. The minimum absolute atomic E-state index is 0.160. The minimum Gasteiger partial charge on any atom is -0.457 e. The number of benzene rings is 1. The van der Waals surface area contributed by atoms with Crippen LogP contribution in [0.1, 0.15) is 5.76 Å². The van der Waals surface area contributed by atoms with E-state index in [1.54, 1.807) is 36.4 Å². The molecule has 19 heavy (non-hydrogen) atoms. The van der Waals surface area contributed by atoms with Crippen LogP contribution in [0.25, 0.3) is 17.4 Å². The molecule has 2 rings (SSSR count). The molecule has 0 bridgehead atoms. The highest BCUT2D eigenvalue weighted by atomic mass is 35.5. The first-order valence-corrected chi connectivity index (χ1v) is 5.75. The fourth-order valence-electron chi connectivity index (χ4n) is 1.53. The number of furan rings is 1. The van der Waals surface area contributed by atoms with E-state index in [-0.39, 0.29) is 5.57 Å². The molecule has 4 nitrogen and oxygen atoms in total. The largest absolute Gasteiger partial charge is 0.457 e. The van der Waals surface area contributed by atoms with Crippen LogP contribution < -0.4 is 5.73 Å². The normalized spacial score (nSPS) is 11.1. The molecular formula is C14H9ClN2O2. The predicted molar refractivity (Wildman–Crippen MR) is 71.9 cm³/mol. The summed E-state index contributed by atoms with van der Waals surface area (Å²) in [7, 11) is 0. The highest BCUT2D eigenvalue weighted by Gasteiger charge is 2.07. The third-order valence-electron chi connectivity index (χ3n) is 2.41. The second kappa shape index (κ2) is 5.42. The van der Waals surface area contributed by atoms with E-state index in [1.165, 1.54) is 6.08 Å². The first-order chi connectivity index (χ1) is 9.10. The van der Waals surface area contributed by atoms with Crippen LogP contribution >= 0.6 is 11.6 Å². The van der Waals surface area contributed by atoms with Crippen molar-refractivity contribution >= 4 is 23.6 Å². The number of amides is 1. The zero-order valence-corrected chi connectivity index (χ0v) is 10.5. The molecule has 5 heteroatoms. The number of carbonyl (C=O) groups is 1. The van der Waals surface area contributed by atoms with Crippen molar-refractivity contribution < 1.29 is 9.21 Å². The number of carbonyl (C=O) groups excluding carboxylic acids is 1. The molecule has 2 N–H and O–H groups in total. The van der Waals surface area contributed by atoms with E-state index in [1.807, 2.05) is 6.07 Å². The van der Waals surface area contributed by atoms with Gasteiger partial charge in [0, 0.05) is 16.7 Å². The summed E-state index contributed by atoms with van der Waals surface area (Å²) in [5.41, 5.74) is 5.69. The molecule has 1 amide bonds. The zero-order valence-electron chi connectivity index (χ0n) is 9.76. The fraction of sp³-hybridized carbons (Fsp3) is 0. The number of nitriles is 1. The molecule has 0 unspecified atom stereocenters. The molecule has 1 heterocycles. The van der Waals surface area contributed by atoms with E-state index < -0.39 is 5.91 Å². The zero-order chi connectivity index (χ0) is 13.8. The van der Waals surface area contributed by atoms with Gasteiger partial charge in [-0.05, 0) is 24.3 Å². The maximum absolute atomic E-state index is 10.9. The Morgan fingerprint density at radius 3 is 2.79 bits per heavy atom. The molecular weight excluding hydrogens is 264 g/mol. The Bertz CT molecular complexity index is 695. The van der Waals surface area contributed by atoms with Gasteiger partial charge in [0.15, 0.2) is 0 Å². The first-order valence-electron chi connectivity index (χ1n) is 5.37. The van der Waals surface area contributed by atoms with E-state index in [4.69, 9.17) is 27.0 Å². The topological polar surface area (TPSA) is 80.0 Å². The molecule has 0 spiro atoms. The molecule has 0 saturated heterocycles. The monoisotopic (exact) mass is 272 g/mol. The lowest BCUT2D eigenvalue weighted by molar-refractivity contribution is -0.114. The number of hydrogen-bond donors (Lipinski definition) is 1. The fourth-order valence-corrected chi connectivity index (χ4v) is 1.72. The van der Waals surface area contributed by atoms with Gasteiger partial charge < -0.3 is 10.2 Å². The van der Waals surface area contributed by atoms with Gasteiger partial charge in [-0.3, -0.25) is 4.79 Å². The van der Waals surface area contributed by atoms with E-state index in [0.717, 1.165) is 5.56 Å². The lowest BCUT2D eigenvalue weighted by Gasteiger charge is -1.97. The van der Waals surface area contributed by atoms with Gasteiger partial charge in [-0.25, -0.2) is 0 Å². The molecule has 1 aromatic carbocycles. The second-order valence-corrected chi connectivity index (χ2v) is 4.18. The Morgan fingerprint density at radius 2 is 2.16 bits per heavy atom. The number of halogens is 1. The summed E-state index contributed by atoms with van der Waals surface area (Å²) in [6.07, 6.45) is 1.30. The van der Waals surface area contributed by atoms with Crippen molar-refractivity contribution in [3.8, 4) is 17.4 Å². The smallest absolute Gasteiger partial charge is 0.259 e. The van der Waals surface area contributed by atoms with Gasteiger partial charge in [0.05, 0.1) is 0 Å². The third-order valence-corrected chi connectivity index (χ3v) is 2.64. The minimum atomic E-state index is -0.789. The van der Waals surface area contributed by atoms with Crippen molar-refractivity contribution in [3.63, 3.8) is 0 Å². The Balaban J connectivity index is 2.35. The molecule has 0 aliphatic carbocycles. The summed E-state index contributed by atoms with van der Waals surface area (Å²) in [6, 6.07) is 12.3. The van der Waals surface area contributed by atoms with Crippen LogP contribution in [-0.2, 0) is 4.79 Å². The van der Waals surface area contributed by atoms with Gasteiger partial charge in [-0.1, -0.05) is 23.7 Å². The summed E-state index contributed by atoms with van der Waals surface area (Å²) >= 11 is 5.89. The number of rotatable bonds is 3. The van der Waals surface area contributed by atoms with Crippen molar-refractivity contribution in [1.82, 2.24) is 0 Å².